The molecule has 0 aliphatic carbocycles. The average molecular weight is 288 g/mol. The molecule has 0 spiro atoms. The van der Waals surface area contributed by atoms with Crippen molar-refractivity contribution in [3.05, 3.63) is 35.4 Å². The molecule has 0 bridgehead atoms. The van der Waals surface area contributed by atoms with Crippen molar-refractivity contribution in [1.29, 1.82) is 0 Å². The lowest BCUT2D eigenvalue weighted by atomic mass is 10.1. The zero-order valence-corrected chi connectivity index (χ0v) is 10.7. The van der Waals surface area contributed by atoms with Gasteiger partial charge >= 0.3 is 6.18 Å². The summed E-state index contributed by atoms with van der Waals surface area (Å²) in [7, 11) is 0. The van der Waals surface area contributed by atoms with Gasteiger partial charge in [-0.3, -0.25) is 9.69 Å². The summed E-state index contributed by atoms with van der Waals surface area (Å²) in [6.07, 6.45) is -4.44. The van der Waals surface area contributed by atoms with E-state index in [4.69, 9.17) is 4.74 Å². The van der Waals surface area contributed by atoms with E-state index in [1.807, 2.05) is 4.90 Å². The number of carbonyl (C=O) groups excluding carboxylic acids is 1. The first-order valence-electron chi connectivity index (χ1n) is 6.22. The molecular formula is C13H15F3N2O2. The van der Waals surface area contributed by atoms with Gasteiger partial charge in [0, 0.05) is 18.7 Å². The minimum atomic E-state index is -4.44. The molecule has 20 heavy (non-hydrogen) atoms. The maximum absolute atomic E-state index is 12.6. The van der Waals surface area contributed by atoms with E-state index in [1.54, 1.807) is 0 Å². The molecule has 0 radical (unpaired) electrons. The summed E-state index contributed by atoms with van der Waals surface area (Å²) in [5.41, 5.74) is -0.815. The number of hydrogen-bond acceptors (Lipinski definition) is 3. The van der Waals surface area contributed by atoms with E-state index in [2.05, 4.69) is 5.32 Å². The SMILES string of the molecule is O=C(NCN1CCOCC1)c1cccc(C(F)(F)F)c1. The Morgan fingerprint density at radius 2 is 2.00 bits per heavy atom. The topological polar surface area (TPSA) is 41.6 Å². The van der Waals surface area contributed by atoms with Crippen molar-refractivity contribution in [2.75, 3.05) is 33.0 Å². The van der Waals surface area contributed by atoms with E-state index < -0.39 is 17.6 Å². The molecule has 0 saturated carbocycles. The summed E-state index contributed by atoms with van der Waals surface area (Å²) in [6.45, 7) is 2.89. The average Bonchev–Trinajstić information content (AvgIpc) is 2.45. The van der Waals surface area contributed by atoms with Gasteiger partial charge in [-0.05, 0) is 18.2 Å². The van der Waals surface area contributed by atoms with Gasteiger partial charge in [-0.2, -0.15) is 13.2 Å². The maximum Gasteiger partial charge on any atom is 0.416 e. The van der Waals surface area contributed by atoms with Crippen LogP contribution in [0.2, 0.25) is 0 Å². The maximum atomic E-state index is 12.6. The molecule has 1 aromatic rings. The van der Waals surface area contributed by atoms with Crippen molar-refractivity contribution in [1.82, 2.24) is 10.2 Å². The van der Waals surface area contributed by atoms with Gasteiger partial charge in [-0.1, -0.05) is 6.07 Å². The van der Waals surface area contributed by atoms with Gasteiger partial charge < -0.3 is 10.1 Å². The molecule has 1 N–H and O–H groups in total. The Morgan fingerprint density at radius 1 is 1.30 bits per heavy atom. The Morgan fingerprint density at radius 3 is 2.65 bits per heavy atom. The minimum Gasteiger partial charge on any atom is -0.379 e. The fourth-order valence-electron chi connectivity index (χ4n) is 1.88. The third kappa shape index (κ3) is 3.94. The second-order valence-corrected chi connectivity index (χ2v) is 4.47. The third-order valence-electron chi connectivity index (χ3n) is 3.02. The summed E-state index contributed by atoms with van der Waals surface area (Å²) in [6, 6.07) is 4.39. The van der Waals surface area contributed by atoms with Gasteiger partial charge in [0.15, 0.2) is 0 Å². The number of nitrogens with zero attached hydrogens (tertiary/aromatic N) is 1. The molecule has 110 valence electrons. The lowest BCUT2D eigenvalue weighted by molar-refractivity contribution is -0.137. The molecule has 1 aliphatic rings. The summed E-state index contributed by atoms with van der Waals surface area (Å²) >= 11 is 0. The van der Waals surface area contributed by atoms with Gasteiger partial charge in [0.25, 0.3) is 5.91 Å². The van der Waals surface area contributed by atoms with Crippen LogP contribution in [0, 0.1) is 0 Å². The lowest BCUT2D eigenvalue weighted by Gasteiger charge is -2.26. The van der Waals surface area contributed by atoms with Crippen LogP contribution in [0.5, 0.6) is 0 Å². The number of halogens is 3. The van der Waals surface area contributed by atoms with Crippen LogP contribution >= 0.6 is 0 Å². The summed E-state index contributed by atoms with van der Waals surface area (Å²) in [5, 5.41) is 2.61. The van der Waals surface area contributed by atoms with E-state index >= 15 is 0 Å². The fourth-order valence-corrected chi connectivity index (χ4v) is 1.88. The van der Waals surface area contributed by atoms with Crippen molar-refractivity contribution >= 4 is 5.91 Å². The minimum absolute atomic E-state index is 0.00749. The number of rotatable bonds is 3. The van der Waals surface area contributed by atoms with E-state index in [0.717, 1.165) is 12.1 Å². The number of carbonyl (C=O) groups is 1. The van der Waals surface area contributed by atoms with Crippen LogP contribution in [0.3, 0.4) is 0 Å². The number of ether oxygens (including phenoxy) is 1. The Balaban J connectivity index is 1.95. The molecule has 0 aromatic heterocycles. The van der Waals surface area contributed by atoms with E-state index in [1.165, 1.54) is 12.1 Å². The number of benzene rings is 1. The Kier molecular flexibility index (Phi) is 4.61. The number of nitrogens with one attached hydrogen (secondary N) is 1. The van der Waals surface area contributed by atoms with Crippen molar-refractivity contribution in [2.24, 2.45) is 0 Å². The molecule has 1 amide bonds. The molecule has 0 atom stereocenters. The van der Waals surface area contributed by atoms with Gasteiger partial charge in [0.05, 0.1) is 25.4 Å². The largest absolute Gasteiger partial charge is 0.416 e. The first-order chi connectivity index (χ1) is 9.47. The normalized spacial score (nSPS) is 16.9. The van der Waals surface area contributed by atoms with Gasteiger partial charge in [0.1, 0.15) is 0 Å². The second kappa shape index (κ2) is 6.23. The zero-order chi connectivity index (χ0) is 14.6. The van der Waals surface area contributed by atoms with Gasteiger partial charge in [-0.15, -0.1) is 0 Å². The predicted octanol–water partition coefficient (Wildman–Crippen LogP) is 1.72. The number of amides is 1. The second-order valence-electron chi connectivity index (χ2n) is 4.47. The standard InChI is InChI=1S/C13H15F3N2O2/c14-13(15,16)11-3-1-2-10(8-11)12(19)17-9-18-4-6-20-7-5-18/h1-3,8H,4-7,9H2,(H,17,19). The highest BCUT2D eigenvalue weighted by molar-refractivity contribution is 5.94. The molecule has 1 fully saturated rings. The lowest BCUT2D eigenvalue weighted by Crippen LogP contribution is -2.43. The first-order valence-corrected chi connectivity index (χ1v) is 6.22. The van der Waals surface area contributed by atoms with Crippen LogP contribution in [-0.4, -0.2) is 43.8 Å². The smallest absolute Gasteiger partial charge is 0.379 e. The Bertz CT molecular complexity index is 471. The highest BCUT2D eigenvalue weighted by atomic mass is 19.4. The quantitative estimate of drug-likeness (QED) is 0.921. The highest BCUT2D eigenvalue weighted by Crippen LogP contribution is 2.29. The number of alkyl halides is 3. The molecule has 1 aromatic carbocycles. The van der Waals surface area contributed by atoms with Crippen LogP contribution in [0.1, 0.15) is 15.9 Å². The molecular weight excluding hydrogens is 273 g/mol. The molecule has 1 heterocycles. The molecule has 1 aliphatic heterocycles. The van der Waals surface area contributed by atoms with Gasteiger partial charge in [-0.25, -0.2) is 0 Å². The van der Waals surface area contributed by atoms with Crippen molar-refractivity contribution in [3.8, 4) is 0 Å². The third-order valence-corrected chi connectivity index (χ3v) is 3.02. The summed E-state index contributed by atoms with van der Waals surface area (Å²) in [5.74, 6) is -0.511. The van der Waals surface area contributed by atoms with Crippen molar-refractivity contribution in [3.63, 3.8) is 0 Å². The van der Waals surface area contributed by atoms with E-state index in [-0.39, 0.29) is 5.56 Å². The predicted molar refractivity (Wildman–Crippen MR) is 66.2 cm³/mol. The van der Waals surface area contributed by atoms with Crippen LogP contribution in [-0.2, 0) is 10.9 Å². The van der Waals surface area contributed by atoms with E-state index in [9.17, 15) is 18.0 Å². The molecule has 1 saturated heterocycles. The first kappa shape index (κ1) is 14.8. The highest BCUT2D eigenvalue weighted by Gasteiger charge is 2.30. The number of hydrogen-bond donors (Lipinski definition) is 1. The van der Waals surface area contributed by atoms with Crippen LogP contribution in [0.15, 0.2) is 24.3 Å². The Hall–Kier alpha value is -1.60. The zero-order valence-electron chi connectivity index (χ0n) is 10.7. The van der Waals surface area contributed by atoms with Crippen molar-refractivity contribution in [2.45, 2.75) is 6.18 Å². The summed E-state index contributed by atoms with van der Waals surface area (Å²) < 4.78 is 42.8. The molecule has 7 heteroatoms. The molecule has 0 unspecified atom stereocenters. The number of morpholine rings is 1. The van der Waals surface area contributed by atoms with Gasteiger partial charge in [0.2, 0.25) is 0 Å². The monoisotopic (exact) mass is 288 g/mol. The fraction of sp³-hybridized carbons (Fsp3) is 0.462. The van der Waals surface area contributed by atoms with Crippen LogP contribution < -0.4 is 5.32 Å². The van der Waals surface area contributed by atoms with E-state index in [0.29, 0.717) is 33.0 Å². The molecule has 4 nitrogen and oxygen atoms in total. The molecule has 2 rings (SSSR count). The van der Waals surface area contributed by atoms with Crippen LogP contribution in [0.25, 0.3) is 0 Å². The van der Waals surface area contributed by atoms with Crippen LogP contribution in [0.4, 0.5) is 13.2 Å². The van der Waals surface area contributed by atoms with Crippen molar-refractivity contribution < 1.29 is 22.7 Å². The summed E-state index contributed by atoms with van der Waals surface area (Å²) in [4.78, 5) is 13.8. The Labute approximate surface area is 114 Å².